The van der Waals surface area contributed by atoms with Crippen LogP contribution in [0.5, 0.6) is 0 Å². The van der Waals surface area contributed by atoms with Gasteiger partial charge in [0.15, 0.2) is 5.15 Å². The fourth-order valence-corrected chi connectivity index (χ4v) is 1.02. The fourth-order valence-electron chi connectivity index (χ4n) is 0.860. The average molecular weight is 166 g/mol. The van der Waals surface area contributed by atoms with Gasteiger partial charge in [-0.05, 0) is 12.1 Å². The predicted octanol–water partition coefficient (Wildman–Crippen LogP) is 1.68. The topological polar surface area (TPSA) is 38.7 Å². The summed E-state index contributed by atoms with van der Waals surface area (Å²) >= 11 is 5.62. The zero-order chi connectivity index (χ0) is 7.68. The van der Waals surface area contributed by atoms with E-state index in [9.17, 15) is 0 Å². The van der Waals surface area contributed by atoms with Gasteiger partial charge in [-0.2, -0.15) is 0 Å². The first-order chi connectivity index (χ1) is 5.36. The summed E-state index contributed by atoms with van der Waals surface area (Å²) in [5.41, 5.74) is 0.810. The molecule has 4 heteroatoms. The Labute approximate surface area is 68.0 Å². The molecule has 0 spiro atoms. The van der Waals surface area contributed by atoms with Crippen molar-refractivity contribution in [3.63, 3.8) is 0 Å². The third kappa shape index (κ3) is 1.14. The molecule has 0 aliphatic rings. The maximum Gasteiger partial charge on any atom is 0.152 e. The Morgan fingerprint density at radius 1 is 1.27 bits per heavy atom. The summed E-state index contributed by atoms with van der Waals surface area (Å²) < 4.78 is 0. The van der Waals surface area contributed by atoms with Crippen molar-refractivity contribution in [1.82, 2.24) is 15.2 Å². The molecule has 0 saturated heterocycles. The van der Waals surface area contributed by atoms with Gasteiger partial charge < -0.3 is 0 Å². The average Bonchev–Trinajstić information content (AvgIpc) is 2.04. The van der Waals surface area contributed by atoms with Gasteiger partial charge >= 0.3 is 0 Å². The number of aromatic nitrogens is 3. The van der Waals surface area contributed by atoms with Crippen molar-refractivity contribution in [2.45, 2.75) is 0 Å². The highest BCUT2D eigenvalue weighted by Gasteiger charge is 1.94. The number of hydrogen-bond donors (Lipinski definition) is 0. The SMILES string of the molecule is Clc1cc2cnccc2nn1. The van der Waals surface area contributed by atoms with Gasteiger partial charge in [0.05, 0.1) is 5.52 Å². The zero-order valence-corrected chi connectivity index (χ0v) is 6.28. The Hall–Kier alpha value is -1.22. The molecule has 0 aliphatic carbocycles. The highest BCUT2D eigenvalue weighted by atomic mass is 35.5. The van der Waals surface area contributed by atoms with Crippen molar-refractivity contribution < 1.29 is 0 Å². The lowest BCUT2D eigenvalue weighted by molar-refractivity contribution is 1.07. The quantitative estimate of drug-likeness (QED) is 0.596. The van der Waals surface area contributed by atoms with E-state index in [4.69, 9.17) is 11.6 Å². The second-order valence-corrected chi connectivity index (χ2v) is 2.49. The molecule has 0 aliphatic heterocycles. The van der Waals surface area contributed by atoms with Crippen molar-refractivity contribution >= 4 is 22.5 Å². The van der Waals surface area contributed by atoms with Crippen molar-refractivity contribution in [3.8, 4) is 0 Å². The normalized spacial score (nSPS) is 10.3. The Morgan fingerprint density at radius 2 is 2.18 bits per heavy atom. The summed E-state index contributed by atoms with van der Waals surface area (Å²) in [6.45, 7) is 0. The number of fused-ring (bicyclic) bond motifs is 1. The minimum absolute atomic E-state index is 0.394. The fraction of sp³-hybridized carbons (Fsp3) is 0. The van der Waals surface area contributed by atoms with E-state index >= 15 is 0 Å². The van der Waals surface area contributed by atoms with Crippen molar-refractivity contribution in [2.75, 3.05) is 0 Å². The number of pyridine rings is 1. The van der Waals surface area contributed by atoms with E-state index in [1.54, 1.807) is 24.5 Å². The largest absolute Gasteiger partial charge is 0.264 e. The molecule has 11 heavy (non-hydrogen) atoms. The Bertz CT molecular complexity index is 388. The second-order valence-electron chi connectivity index (χ2n) is 2.10. The number of nitrogens with zero attached hydrogens (tertiary/aromatic N) is 3. The van der Waals surface area contributed by atoms with E-state index in [2.05, 4.69) is 15.2 Å². The zero-order valence-electron chi connectivity index (χ0n) is 5.53. The van der Waals surface area contributed by atoms with Crippen molar-refractivity contribution in [3.05, 3.63) is 29.7 Å². The van der Waals surface area contributed by atoms with Gasteiger partial charge in [-0.1, -0.05) is 11.6 Å². The van der Waals surface area contributed by atoms with E-state index in [0.717, 1.165) is 10.9 Å². The van der Waals surface area contributed by atoms with Crippen LogP contribution in [0.15, 0.2) is 24.5 Å². The molecule has 54 valence electrons. The smallest absolute Gasteiger partial charge is 0.152 e. The summed E-state index contributed by atoms with van der Waals surface area (Å²) in [5.74, 6) is 0. The highest BCUT2D eigenvalue weighted by molar-refractivity contribution is 6.29. The van der Waals surface area contributed by atoms with E-state index in [0.29, 0.717) is 5.15 Å². The maximum absolute atomic E-state index is 5.62. The highest BCUT2D eigenvalue weighted by Crippen LogP contribution is 2.11. The molecule has 2 aromatic rings. The summed E-state index contributed by atoms with van der Waals surface area (Å²) in [5, 5.41) is 8.86. The third-order valence-corrected chi connectivity index (χ3v) is 1.54. The molecule has 2 rings (SSSR count). The Kier molecular flexibility index (Phi) is 1.43. The molecule has 0 saturated carbocycles. The molecule has 0 amide bonds. The van der Waals surface area contributed by atoms with Gasteiger partial charge in [-0.15, -0.1) is 10.2 Å². The molecule has 3 nitrogen and oxygen atoms in total. The van der Waals surface area contributed by atoms with Crippen LogP contribution in [-0.2, 0) is 0 Å². The molecule has 0 radical (unpaired) electrons. The van der Waals surface area contributed by atoms with Crippen LogP contribution in [0.4, 0.5) is 0 Å². The predicted molar refractivity (Wildman–Crippen MR) is 42.3 cm³/mol. The molecule has 0 fully saturated rings. The molecule has 2 aromatic heterocycles. The van der Waals surface area contributed by atoms with Crippen LogP contribution in [0, 0.1) is 0 Å². The number of halogens is 1. The summed E-state index contributed by atoms with van der Waals surface area (Å²) in [6.07, 6.45) is 3.38. The van der Waals surface area contributed by atoms with E-state index in [1.807, 2.05) is 0 Å². The lowest BCUT2D eigenvalue weighted by atomic mass is 10.3. The van der Waals surface area contributed by atoms with E-state index in [-0.39, 0.29) is 0 Å². The van der Waals surface area contributed by atoms with Crippen LogP contribution in [0.3, 0.4) is 0 Å². The van der Waals surface area contributed by atoms with Gasteiger partial charge in [0, 0.05) is 17.8 Å². The third-order valence-electron chi connectivity index (χ3n) is 1.36. The van der Waals surface area contributed by atoms with Crippen LogP contribution >= 0.6 is 11.6 Å². The summed E-state index contributed by atoms with van der Waals surface area (Å²) in [7, 11) is 0. The van der Waals surface area contributed by atoms with Crippen LogP contribution in [0.2, 0.25) is 5.15 Å². The lowest BCUT2D eigenvalue weighted by Crippen LogP contribution is -1.84. The first kappa shape index (κ1) is 6.49. The minimum Gasteiger partial charge on any atom is -0.264 e. The summed E-state index contributed by atoms with van der Waals surface area (Å²) in [6, 6.07) is 3.52. The number of rotatable bonds is 0. The lowest BCUT2D eigenvalue weighted by Gasteiger charge is -1.92. The molecule has 2 heterocycles. The van der Waals surface area contributed by atoms with Crippen molar-refractivity contribution in [1.29, 1.82) is 0 Å². The van der Waals surface area contributed by atoms with Crippen molar-refractivity contribution in [2.24, 2.45) is 0 Å². The van der Waals surface area contributed by atoms with Gasteiger partial charge in [0.2, 0.25) is 0 Å². The molecular weight excluding hydrogens is 162 g/mol. The van der Waals surface area contributed by atoms with Crippen LogP contribution in [0.25, 0.3) is 10.9 Å². The maximum atomic E-state index is 5.62. The molecular formula is C7H4ClN3. The standard InChI is InChI=1S/C7H4ClN3/c8-7-3-5-4-9-2-1-6(5)10-11-7/h1-4H. The van der Waals surface area contributed by atoms with Crippen LogP contribution < -0.4 is 0 Å². The molecule has 0 unspecified atom stereocenters. The minimum atomic E-state index is 0.394. The second kappa shape index (κ2) is 2.43. The molecule has 0 aromatic carbocycles. The molecule has 0 bridgehead atoms. The van der Waals surface area contributed by atoms with Gasteiger partial charge in [-0.25, -0.2) is 0 Å². The van der Waals surface area contributed by atoms with Gasteiger partial charge in [0.25, 0.3) is 0 Å². The van der Waals surface area contributed by atoms with Crippen LogP contribution in [0.1, 0.15) is 0 Å². The van der Waals surface area contributed by atoms with Crippen LogP contribution in [-0.4, -0.2) is 15.2 Å². The van der Waals surface area contributed by atoms with Gasteiger partial charge in [-0.3, -0.25) is 4.98 Å². The van der Waals surface area contributed by atoms with Gasteiger partial charge in [0.1, 0.15) is 0 Å². The first-order valence-corrected chi connectivity index (χ1v) is 3.47. The monoisotopic (exact) mass is 165 g/mol. The first-order valence-electron chi connectivity index (χ1n) is 3.09. The van der Waals surface area contributed by atoms with E-state index in [1.165, 1.54) is 0 Å². The summed E-state index contributed by atoms with van der Waals surface area (Å²) in [4.78, 5) is 3.93. The molecule has 0 atom stereocenters. The van der Waals surface area contributed by atoms with E-state index < -0.39 is 0 Å². The molecule has 0 N–H and O–H groups in total. The number of hydrogen-bond acceptors (Lipinski definition) is 3. The Morgan fingerprint density at radius 3 is 3.09 bits per heavy atom. The Balaban J connectivity index is 2.83.